The third kappa shape index (κ3) is 5.04. The Bertz CT molecular complexity index is 1020. The van der Waals surface area contributed by atoms with Crippen LogP contribution in [-0.4, -0.2) is 51.9 Å². The molecular formula is C20H23N5O2S2. The van der Waals surface area contributed by atoms with Crippen LogP contribution in [0.5, 0.6) is 0 Å². The lowest BCUT2D eigenvalue weighted by molar-refractivity contribution is -0.113. The smallest absolute Gasteiger partial charge is 0.236 e. The summed E-state index contributed by atoms with van der Waals surface area (Å²) in [5.74, 6) is 1.03. The number of fused-ring (bicyclic) bond motifs is 1. The molecule has 1 aliphatic heterocycles. The van der Waals surface area contributed by atoms with Crippen molar-refractivity contribution in [3.05, 3.63) is 36.2 Å². The van der Waals surface area contributed by atoms with Crippen LogP contribution in [0.4, 0.5) is 10.9 Å². The number of nitrogens with zero attached hydrogens (tertiary/aromatic N) is 4. The molecule has 1 aromatic carbocycles. The number of aryl methyl sites for hydroxylation is 1. The first-order chi connectivity index (χ1) is 14.0. The van der Waals surface area contributed by atoms with Crippen molar-refractivity contribution in [1.82, 2.24) is 15.0 Å². The number of thiazole rings is 1. The van der Waals surface area contributed by atoms with Crippen LogP contribution in [0.25, 0.3) is 10.2 Å². The standard InChI is InChI=1S/C20H23N5O2S2/c1-12-4-5-15-16(6-12)29-20(23-15)24-18(26)10-28-19-7-17(21-11-22-19)25-8-13(2)27-14(3)9-25/h4-7,11,13-14H,8-10H2,1-3H3,(H,23,24,26). The Kier molecular flexibility index (Phi) is 5.98. The summed E-state index contributed by atoms with van der Waals surface area (Å²) in [4.78, 5) is 27.7. The van der Waals surface area contributed by atoms with E-state index >= 15 is 0 Å². The molecule has 3 heterocycles. The number of rotatable bonds is 5. The molecule has 1 amide bonds. The van der Waals surface area contributed by atoms with Gasteiger partial charge in [0.2, 0.25) is 5.91 Å². The maximum absolute atomic E-state index is 12.4. The molecule has 1 N–H and O–H groups in total. The van der Waals surface area contributed by atoms with E-state index in [1.54, 1.807) is 6.33 Å². The van der Waals surface area contributed by atoms with E-state index in [1.807, 2.05) is 25.1 Å². The highest BCUT2D eigenvalue weighted by Crippen LogP contribution is 2.27. The van der Waals surface area contributed by atoms with Gasteiger partial charge in [-0.15, -0.1) is 0 Å². The highest BCUT2D eigenvalue weighted by atomic mass is 32.2. The number of carbonyl (C=O) groups is 1. The average molecular weight is 430 g/mol. The number of benzene rings is 1. The molecule has 29 heavy (non-hydrogen) atoms. The van der Waals surface area contributed by atoms with Gasteiger partial charge in [-0.25, -0.2) is 15.0 Å². The van der Waals surface area contributed by atoms with Crippen molar-refractivity contribution in [2.45, 2.75) is 38.0 Å². The van der Waals surface area contributed by atoms with Crippen LogP contribution >= 0.6 is 23.1 Å². The zero-order chi connectivity index (χ0) is 20.4. The fraction of sp³-hybridized carbons (Fsp3) is 0.400. The zero-order valence-electron chi connectivity index (χ0n) is 16.6. The third-order valence-electron chi connectivity index (χ3n) is 4.51. The number of thioether (sulfide) groups is 1. The molecule has 152 valence electrons. The lowest BCUT2D eigenvalue weighted by Gasteiger charge is -2.36. The topological polar surface area (TPSA) is 80.2 Å². The van der Waals surface area contributed by atoms with Crippen molar-refractivity contribution in [2.24, 2.45) is 0 Å². The Labute approximate surface area is 177 Å². The largest absolute Gasteiger partial charge is 0.372 e. The Morgan fingerprint density at radius 1 is 1.28 bits per heavy atom. The second kappa shape index (κ2) is 8.64. The van der Waals surface area contributed by atoms with Gasteiger partial charge in [-0.1, -0.05) is 29.2 Å². The van der Waals surface area contributed by atoms with E-state index in [9.17, 15) is 4.79 Å². The predicted octanol–water partition coefficient (Wildman–Crippen LogP) is 3.74. The highest BCUT2D eigenvalue weighted by Gasteiger charge is 2.23. The van der Waals surface area contributed by atoms with Gasteiger partial charge in [0.25, 0.3) is 0 Å². The fourth-order valence-electron chi connectivity index (χ4n) is 3.33. The Hall–Kier alpha value is -2.23. The minimum Gasteiger partial charge on any atom is -0.372 e. The van der Waals surface area contributed by atoms with Crippen molar-refractivity contribution in [3.63, 3.8) is 0 Å². The molecule has 0 aliphatic carbocycles. The molecule has 1 saturated heterocycles. The van der Waals surface area contributed by atoms with Crippen molar-refractivity contribution in [3.8, 4) is 0 Å². The first kappa shape index (κ1) is 20.1. The van der Waals surface area contributed by atoms with E-state index in [1.165, 1.54) is 28.7 Å². The monoisotopic (exact) mass is 429 g/mol. The van der Waals surface area contributed by atoms with Crippen molar-refractivity contribution in [2.75, 3.05) is 29.1 Å². The summed E-state index contributed by atoms with van der Waals surface area (Å²) >= 11 is 2.88. The van der Waals surface area contributed by atoms with Crippen LogP contribution in [0.3, 0.4) is 0 Å². The van der Waals surface area contributed by atoms with Crippen molar-refractivity contribution in [1.29, 1.82) is 0 Å². The Morgan fingerprint density at radius 2 is 2.07 bits per heavy atom. The molecule has 0 radical (unpaired) electrons. The normalized spacial score (nSPS) is 19.5. The molecule has 4 rings (SSSR count). The van der Waals surface area contributed by atoms with Gasteiger partial charge in [0, 0.05) is 19.2 Å². The molecule has 7 nitrogen and oxygen atoms in total. The number of hydrogen-bond donors (Lipinski definition) is 1. The van der Waals surface area contributed by atoms with Gasteiger partial charge in [-0.3, -0.25) is 4.79 Å². The molecule has 3 aromatic rings. The second-order valence-corrected chi connectivity index (χ2v) is 9.23. The summed E-state index contributed by atoms with van der Waals surface area (Å²) in [6.07, 6.45) is 1.87. The number of ether oxygens (including phenoxy) is 1. The van der Waals surface area contributed by atoms with Crippen molar-refractivity contribution < 1.29 is 9.53 Å². The first-order valence-corrected chi connectivity index (χ1v) is 11.3. The first-order valence-electron chi connectivity index (χ1n) is 9.48. The SMILES string of the molecule is Cc1ccc2nc(NC(=O)CSc3cc(N4CC(C)OC(C)C4)ncn3)sc2c1. The average Bonchev–Trinajstić information content (AvgIpc) is 3.07. The van der Waals surface area contributed by atoms with Crippen LogP contribution < -0.4 is 10.2 Å². The predicted molar refractivity (Wildman–Crippen MR) is 118 cm³/mol. The molecule has 1 fully saturated rings. The summed E-state index contributed by atoms with van der Waals surface area (Å²) in [5, 5.41) is 4.28. The molecule has 9 heteroatoms. The molecule has 2 aromatic heterocycles. The van der Waals surface area contributed by atoms with Gasteiger partial charge in [0.1, 0.15) is 17.2 Å². The van der Waals surface area contributed by atoms with Gasteiger partial charge in [0.15, 0.2) is 5.13 Å². The quantitative estimate of drug-likeness (QED) is 0.489. The van der Waals surface area contributed by atoms with Crippen LogP contribution in [0.15, 0.2) is 35.6 Å². The van der Waals surface area contributed by atoms with Crippen LogP contribution in [0, 0.1) is 6.92 Å². The summed E-state index contributed by atoms with van der Waals surface area (Å²) in [6, 6.07) is 8.00. The molecule has 0 bridgehead atoms. The maximum Gasteiger partial charge on any atom is 0.236 e. The lowest BCUT2D eigenvalue weighted by Crippen LogP contribution is -2.45. The molecule has 2 atom stereocenters. The Balaban J connectivity index is 1.36. The van der Waals surface area contributed by atoms with Gasteiger partial charge in [-0.05, 0) is 38.5 Å². The number of nitrogens with one attached hydrogen (secondary N) is 1. The van der Waals surface area contributed by atoms with Crippen LogP contribution in [0.2, 0.25) is 0 Å². The number of aromatic nitrogens is 3. The van der Waals surface area contributed by atoms with E-state index in [0.717, 1.165) is 34.1 Å². The van der Waals surface area contributed by atoms with E-state index in [2.05, 4.69) is 45.1 Å². The lowest BCUT2D eigenvalue weighted by atomic mass is 10.2. The maximum atomic E-state index is 12.4. The third-order valence-corrected chi connectivity index (χ3v) is 6.37. The van der Waals surface area contributed by atoms with Gasteiger partial charge in [-0.2, -0.15) is 0 Å². The van der Waals surface area contributed by atoms with E-state index in [0.29, 0.717) is 5.13 Å². The molecule has 0 spiro atoms. The molecule has 2 unspecified atom stereocenters. The van der Waals surface area contributed by atoms with E-state index in [-0.39, 0.29) is 23.9 Å². The molecule has 0 saturated carbocycles. The Morgan fingerprint density at radius 3 is 2.86 bits per heavy atom. The number of carbonyl (C=O) groups excluding carboxylic acids is 1. The number of anilines is 2. The second-order valence-electron chi connectivity index (χ2n) is 7.20. The zero-order valence-corrected chi connectivity index (χ0v) is 18.2. The summed E-state index contributed by atoms with van der Waals surface area (Å²) in [5.41, 5.74) is 2.08. The summed E-state index contributed by atoms with van der Waals surface area (Å²) < 4.78 is 6.86. The molecular weight excluding hydrogens is 406 g/mol. The number of morpholine rings is 1. The minimum absolute atomic E-state index is 0.0976. The van der Waals surface area contributed by atoms with Gasteiger partial charge in [0.05, 0.1) is 28.2 Å². The van der Waals surface area contributed by atoms with Gasteiger partial charge < -0.3 is 15.0 Å². The van der Waals surface area contributed by atoms with E-state index in [4.69, 9.17) is 4.74 Å². The fourth-order valence-corrected chi connectivity index (χ4v) is 4.97. The molecule has 1 aliphatic rings. The van der Waals surface area contributed by atoms with Crippen LogP contribution in [-0.2, 0) is 9.53 Å². The van der Waals surface area contributed by atoms with Gasteiger partial charge >= 0.3 is 0 Å². The van der Waals surface area contributed by atoms with Crippen LogP contribution in [0.1, 0.15) is 19.4 Å². The summed E-state index contributed by atoms with van der Waals surface area (Å²) in [7, 11) is 0. The number of hydrogen-bond acceptors (Lipinski definition) is 8. The minimum atomic E-state index is -0.0976. The summed E-state index contributed by atoms with van der Waals surface area (Å²) in [6.45, 7) is 7.76. The number of amides is 1. The van der Waals surface area contributed by atoms with E-state index < -0.39 is 0 Å². The van der Waals surface area contributed by atoms with Crippen molar-refractivity contribution >= 4 is 50.2 Å². The highest BCUT2D eigenvalue weighted by molar-refractivity contribution is 7.99.